The topological polar surface area (TPSA) is 15.3 Å². The fourth-order valence-corrected chi connectivity index (χ4v) is 4.11. The molecule has 1 aliphatic carbocycles. The van der Waals surface area contributed by atoms with Gasteiger partial charge in [0.25, 0.3) is 0 Å². The second-order valence-corrected chi connectivity index (χ2v) is 7.03. The summed E-state index contributed by atoms with van der Waals surface area (Å²) in [5, 5.41) is 3.62. The summed E-state index contributed by atoms with van der Waals surface area (Å²) in [6, 6.07) is 1.69. The zero-order chi connectivity index (χ0) is 13.7. The van der Waals surface area contributed by atoms with E-state index < -0.39 is 0 Å². The average molecular weight is 266 g/mol. The van der Waals surface area contributed by atoms with Crippen LogP contribution in [0.4, 0.5) is 0 Å². The monoisotopic (exact) mass is 266 g/mol. The van der Waals surface area contributed by atoms with E-state index in [2.05, 4.69) is 31.0 Å². The van der Waals surface area contributed by atoms with Crippen LogP contribution >= 0.6 is 0 Å². The number of hydrogen-bond acceptors (Lipinski definition) is 2. The minimum Gasteiger partial charge on any atom is -0.314 e. The van der Waals surface area contributed by atoms with Crippen molar-refractivity contribution in [3.63, 3.8) is 0 Å². The SMILES string of the molecule is CCNC1CCC(N2CCCC(C(C)C)CC2)CC1. The summed E-state index contributed by atoms with van der Waals surface area (Å²) in [4.78, 5) is 2.82. The van der Waals surface area contributed by atoms with Crippen LogP contribution in [0.2, 0.25) is 0 Å². The van der Waals surface area contributed by atoms with Crippen molar-refractivity contribution >= 4 is 0 Å². The molecular weight excluding hydrogens is 232 g/mol. The number of likely N-dealkylation sites (tertiary alicyclic amines) is 1. The van der Waals surface area contributed by atoms with Gasteiger partial charge in [0.15, 0.2) is 0 Å². The molecule has 0 spiro atoms. The van der Waals surface area contributed by atoms with Crippen LogP contribution < -0.4 is 5.32 Å². The molecule has 19 heavy (non-hydrogen) atoms. The number of nitrogens with zero attached hydrogens (tertiary/aromatic N) is 1. The van der Waals surface area contributed by atoms with E-state index in [1.807, 2.05) is 0 Å². The smallest absolute Gasteiger partial charge is 0.00964 e. The Hall–Kier alpha value is -0.0800. The molecule has 0 aromatic rings. The molecule has 0 amide bonds. The van der Waals surface area contributed by atoms with Crippen LogP contribution in [0.1, 0.15) is 65.7 Å². The largest absolute Gasteiger partial charge is 0.314 e. The van der Waals surface area contributed by atoms with Gasteiger partial charge in [-0.3, -0.25) is 0 Å². The Kier molecular flexibility index (Phi) is 6.15. The summed E-state index contributed by atoms with van der Waals surface area (Å²) in [5.41, 5.74) is 0. The molecule has 1 atom stereocenters. The molecule has 1 heterocycles. The first-order valence-electron chi connectivity index (χ1n) is 8.68. The van der Waals surface area contributed by atoms with Gasteiger partial charge in [0.05, 0.1) is 0 Å². The predicted octanol–water partition coefficient (Wildman–Crippen LogP) is 3.67. The summed E-state index contributed by atoms with van der Waals surface area (Å²) in [6.45, 7) is 10.9. The minimum atomic E-state index is 0.802. The molecule has 0 aromatic heterocycles. The molecule has 1 unspecified atom stereocenters. The lowest BCUT2D eigenvalue weighted by Gasteiger charge is -2.36. The normalized spacial score (nSPS) is 34.4. The second-order valence-electron chi connectivity index (χ2n) is 7.03. The first-order valence-corrected chi connectivity index (χ1v) is 8.68. The molecule has 2 nitrogen and oxygen atoms in total. The quantitative estimate of drug-likeness (QED) is 0.835. The maximum atomic E-state index is 3.62. The van der Waals surface area contributed by atoms with Crippen LogP contribution in [0.25, 0.3) is 0 Å². The molecule has 2 rings (SSSR count). The van der Waals surface area contributed by atoms with Crippen LogP contribution in [0.15, 0.2) is 0 Å². The lowest BCUT2D eigenvalue weighted by atomic mass is 9.89. The molecule has 1 saturated heterocycles. The Morgan fingerprint density at radius 1 is 1.00 bits per heavy atom. The summed E-state index contributed by atoms with van der Waals surface area (Å²) in [7, 11) is 0. The van der Waals surface area contributed by atoms with E-state index in [1.54, 1.807) is 0 Å². The van der Waals surface area contributed by atoms with Crippen molar-refractivity contribution in [3.05, 3.63) is 0 Å². The molecule has 1 N–H and O–H groups in total. The maximum absolute atomic E-state index is 3.62. The summed E-state index contributed by atoms with van der Waals surface area (Å²) >= 11 is 0. The lowest BCUT2D eigenvalue weighted by molar-refractivity contribution is 0.146. The van der Waals surface area contributed by atoms with E-state index in [0.29, 0.717) is 0 Å². The Morgan fingerprint density at radius 2 is 1.74 bits per heavy atom. The summed E-state index contributed by atoms with van der Waals surface area (Å²) in [6.07, 6.45) is 9.95. The van der Waals surface area contributed by atoms with Gasteiger partial charge in [0, 0.05) is 12.1 Å². The zero-order valence-electron chi connectivity index (χ0n) is 13.3. The van der Waals surface area contributed by atoms with Gasteiger partial charge in [0.2, 0.25) is 0 Å². The van der Waals surface area contributed by atoms with Crippen molar-refractivity contribution in [1.82, 2.24) is 10.2 Å². The van der Waals surface area contributed by atoms with E-state index in [0.717, 1.165) is 30.5 Å². The van der Waals surface area contributed by atoms with Crippen molar-refractivity contribution in [2.75, 3.05) is 19.6 Å². The fourth-order valence-electron chi connectivity index (χ4n) is 4.11. The van der Waals surface area contributed by atoms with Crippen LogP contribution in [0, 0.1) is 11.8 Å². The van der Waals surface area contributed by atoms with Crippen LogP contribution in [-0.2, 0) is 0 Å². The molecule has 2 fully saturated rings. The predicted molar refractivity (Wildman–Crippen MR) is 83.5 cm³/mol. The highest BCUT2D eigenvalue weighted by Crippen LogP contribution is 2.29. The van der Waals surface area contributed by atoms with Gasteiger partial charge in [-0.25, -0.2) is 0 Å². The third-order valence-electron chi connectivity index (χ3n) is 5.46. The lowest BCUT2D eigenvalue weighted by Crippen LogP contribution is -2.42. The van der Waals surface area contributed by atoms with E-state index in [-0.39, 0.29) is 0 Å². The highest BCUT2D eigenvalue weighted by molar-refractivity contribution is 4.84. The summed E-state index contributed by atoms with van der Waals surface area (Å²) < 4.78 is 0. The molecule has 0 bridgehead atoms. The molecule has 0 radical (unpaired) electrons. The standard InChI is InChI=1S/C17H34N2/c1-4-18-16-7-9-17(10-8-16)19-12-5-6-15(11-13-19)14(2)3/h14-18H,4-13H2,1-3H3. The molecule has 1 aliphatic heterocycles. The second kappa shape index (κ2) is 7.64. The van der Waals surface area contributed by atoms with Crippen LogP contribution in [0.5, 0.6) is 0 Å². The minimum absolute atomic E-state index is 0.802. The molecular formula is C17H34N2. The van der Waals surface area contributed by atoms with E-state index >= 15 is 0 Å². The molecule has 112 valence electrons. The first-order chi connectivity index (χ1) is 9.20. The molecule has 2 heteroatoms. The van der Waals surface area contributed by atoms with Crippen LogP contribution in [-0.4, -0.2) is 36.6 Å². The Bertz CT molecular complexity index is 244. The first kappa shape index (κ1) is 15.3. The molecule has 0 aromatic carbocycles. The van der Waals surface area contributed by atoms with Crippen molar-refractivity contribution in [2.45, 2.75) is 77.8 Å². The fraction of sp³-hybridized carbons (Fsp3) is 1.00. The maximum Gasteiger partial charge on any atom is 0.00964 e. The number of rotatable bonds is 4. The van der Waals surface area contributed by atoms with Gasteiger partial charge in [-0.1, -0.05) is 20.8 Å². The van der Waals surface area contributed by atoms with Gasteiger partial charge >= 0.3 is 0 Å². The molecule has 1 saturated carbocycles. The molecule has 2 aliphatic rings. The zero-order valence-corrected chi connectivity index (χ0v) is 13.3. The van der Waals surface area contributed by atoms with Crippen molar-refractivity contribution in [2.24, 2.45) is 11.8 Å². The highest BCUT2D eigenvalue weighted by atomic mass is 15.2. The Morgan fingerprint density at radius 3 is 2.37 bits per heavy atom. The average Bonchev–Trinajstić information content (AvgIpc) is 2.66. The van der Waals surface area contributed by atoms with Gasteiger partial charge in [-0.2, -0.15) is 0 Å². The van der Waals surface area contributed by atoms with Gasteiger partial charge < -0.3 is 10.2 Å². The number of hydrogen-bond donors (Lipinski definition) is 1. The van der Waals surface area contributed by atoms with Crippen molar-refractivity contribution in [1.29, 1.82) is 0 Å². The number of nitrogens with one attached hydrogen (secondary N) is 1. The summed E-state index contributed by atoms with van der Waals surface area (Å²) in [5.74, 6) is 1.85. The van der Waals surface area contributed by atoms with E-state index in [1.165, 1.54) is 58.0 Å². The van der Waals surface area contributed by atoms with E-state index in [4.69, 9.17) is 0 Å². The van der Waals surface area contributed by atoms with Crippen molar-refractivity contribution in [3.8, 4) is 0 Å². The van der Waals surface area contributed by atoms with Gasteiger partial charge in [0.1, 0.15) is 0 Å². The van der Waals surface area contributed by atoms with Gasteiger partial charge in [-0.05, 0) is 76.4 Å². The Labute approximate surface area is 120 Å². The Balaban J connectivity index is 1.77. The van der Waals surface area contributed by atoms with Crippen molar-refractivity contribution < 1.29 is 0 Å². The third-order valence-corrected chi connectivity index (χ3v) is 5.46. The highest BCUT2D eigenvalue weighted by Gasteiger charge is 2.27. The van der Waals surface area contributed by atoms with E-state index in [9.17, 15) is 0 Å². The van der Waals surface area contributed by atoms with Crippen LogP contribution in [0.3, 0.4) is 0 Å². The third kappa shape index (κ3) is 4.46. The van der Waals surface area contributed by atoms with Gasteiger partial charge in [-0.15, -0.1) is 0 Å².